The third kappa shape index (κ3) is 7.81. The Morgan fingerprint density at radius 3 is 2.18 bits per heavy atom. The van der Waals surface area contributed by atoms with E-state index in [2.05, 4.69) is 34.6 Å². The molecule has 0 aliphatic heterocycles. The molecule has 0 spiro atoms. The van der Waals surface area contributed by atoms with Crippen LogP contribution < -0.4 is 5.73 Å². The summed E-state index contributed by atoms with van der Waals surface area (Å²) in [6.07, 6.45) is 10.5. The SMILES string of the molecule is CCCCCCC(C)C(C)(N)CCC(C)CC. The average Bonchev–Trinajstić information content (AvgIpc) is 2.31. The molecular formula is C16H35N. The highest BCUT2D eigenvalue weighted by Crippen LogP contribution is 2.27. The largest absolute Gasteiger partial charge is 0.325 e. The van der Waals surface area contributed by atoms with Crippen LogP contribution in [0.2, 0.25) is 0 Å². The Labute approximate surface area is 110 Å². The second kappa shape index (κ2) is 8.97. The standard InChI is InChI=1S/C16H35N/c1-6-8-9-10-11-15(4)16(5,17)13-12-14(3)7-2/h14-15H,6-13,17H2,1-5H3. The maximum Gasteiger partial charge on any atom is 0.0151 e. The summed E-state index contributed by atoms with van der Waals surface area (Å²) in [6.45, 7) is 11.5. The normalized spacial score (nSPS) is 18.7. The third-order valence-corrected chi connectivity index (χ3v) is 4.49. The Balaban J connectivity index is 3.85. The van der Waals surface area contributed by atoms with Gasteiger partial charge in [0.2, 0.25) is 0 Å². The van der Waals surface area contributed by atoms with Crippen LogP contribution in [0, 0.1) is 11.8 Å². The van der Waals surface area contributed by atoms with E-state index in [1.165, 1.54) is 51.4 Å². The molecule has 1 heteroatoms. The van der Waals surface area contributed by atoms with Crippen LogP contribution in [0.25, 0.3) is 0 Å². The molecule has 17 heavy (non-hydrogen) atoms. The number of nitrogens with two attached hydrogens (primary N) is 1. The van der Waals surface area contributed by atoms with Crippen molar-refractivity contribution in [2.24, 2.45) is 17.6 Å². The van der Waals surface area contributed by atoms with E-state index >= 15 is 0 Å². The van der Waals surface area contributed by atoms with E-state index in [4.69, 9.17) is 5.73 Å². The minimum Gasteiger partial charge on any atom is -0.325 e. The van der Waals surface area contributed by atoms with Gasteiger partial charge >= 0.3 is 0 Å². The summed E-state index contributed by atoms with van der Waals surface area (Å²) in [5, 5.41) is 0. The molecule has 0 aromatic heterocycles. The smallest absolute Gasteiger partial charge is 0.0151 e. The van der Waals surface area contributed by atoms with E-state index in [0.29, 0.717) is 5.92 Å². The summed E-state index contributed by atoms with van der Waals surface area (Å²) in [5.74, 6) is 1.48. The highest BCUT2D eigenvalue weighted by molar-refractivity contribution is 4.84. The lowest BCUT2D eigenvalue weighted by Crippen LogP contribution is -2.43. The molecule has 104 valence electrons. The molecule has 0 aliphatic rings. The molecule has 1 nitrogen and oxygen atoms in total. The molecule has 0 heterocycles. The van der Waals surface area contributed by atoms with Gasteiger partial charge in [-0.2, -0.15) is 0 Å². The van der Waals surface area contributed by atoms with Gasteiger partial charge in [0, 0.05) is 5.54 Å². The highest BCUT2D eigenvalue weighted by Gasteiger charge is 2.25. The first-order chi connectivity index (χ1) is 7.94. The number of unbranched alkanes of at least 4 members (excludes halogenated alkanes) is 3. The molecule has 0 saturated carbocycles. The number of rotatable bonds is 10. The van der Waals surface area contributed by atoms with Crippen molar-refractivity contribution in [3.8, 4) is 0 Å². The Bertz CT molecular complexity index is 174. The van der Waals surface area contributed by atoms with Crippen molar-refractivity contribution in [3.05, 3.63) is 0 Å². The van der Waals surface area contributed by atoms with E-state index in [-0.39, 0.29) is 5.54 Å². The van der Waals surface area contributed by atoms with Crippen molar-refractivity contribution < 1.29 is 0 Å². The highest BCUT2D eigenvalue weighted by atomic mass is 14.7. The topological polar surface area (TPSA) is 26.0 Å². The van der Waals surface area contributed by atoms with E-state index in [0.717, 1.165) is 5.92 Å². The van der Waals surface area contributed by atoms with Crippen LogP contribution >= 0.6 is 0 Å². The van der Waals surface area contributed by atoms with E-state index in [1.54, 1.807) is 0 Å². The van der Waals surface area contributed by atoms with Crippen LogP contribution in [0.5, 0.6) is 0 Å². The lowest BCUT2D eigenvalue weighted by Gasteiger charge is -2.33. The van der Waals surface area contributed by atoms with Gasteiger partial charge in [-0.25, -0.2) is 0 Å². The Kier molecular flexibility index (Phi) is 8.94. The van der Waals surface area contributed by atoms with Gasteiger partial charge in [0.25, 0.3) is 0 Å². The van der Waals surface area contributed by atoms with Gasteiger partial charge in [-0.1, -0.05) is 59.8 Å². The van der Waals surface area contributed by atoms with E-state index in [9.17, 15) is 0 Å². The molecule has 0 aliphatic carbocycles. The van der Waals surface area contributed by atoms with Crippen molar-refractivity contribution in [1.29, 1.82) is 0 Å². The first kappa shape index (κ1) is 17.0. The monoisotopic (exact) mass is 241 g/mol. The molecule has 0 radical (unpaired) electrons. The van der Waals surface area contributed by atoms with E-state index in [1.807, 2.05) is 0 Å². The number of hydrogen-bond donors (Lipinski definition) is 1. The fourth-order valence-corrected chi connectivity index (χ4v) is 2.21. The van der Waals surface area contributed by atoms with Crippen LogP contribution in [0.1, 0.15) is 86.0 Å². The minimum atomic E-state index is 0.0373. The van der Waals surface area contributed by atoms with Crippen LogP contribution in [-0.2, 0) is 0 Å². The second-order valence-corrected chi connectivity index (χ2v) is 6.31. The second-order valence-electron chi connectivity index (χ2n) is 6.31. The Hall–Kier alpha value is -0.0400. The summed E-state index contributed by atoms with van der Waals surface area (Å²) in [5.41, 5.74) is 6.52. The zero-order valence-electron chi connectivity index (χ0n) is 12.9. The van der Waals surface area contributed by atoms with Crippen molar-refractivity contribution in [2.75, 3.05) is 0 Å². The molecule has 0 bridgehead atoms. The molecule has 0 aromatic carbocycles. The van der Waals surface area contributed by atoms with Crippen LogP contribution in [0.3, 0.4) is 0 Å². The maximum absolute atomic E-state index is 6.48. The zero-order valence-corrected chi connectivity index (χ0v) is 12.9. The van der Waals surface area contributed by atoms with Crippen molar-refractivity contribution in [2.45, 2.75) is 91.5 Å². The van der Waals surface area contributed by atoms with Gasteiger partial charge < -0.3 is 5.73 Å². The molecule has 0 rings (SSSR count). The lowest BCUT2D eigenvalue weighted by atomic mass is 9.79. The van der Waals surface area contributed by atoms with Gasteiger partial charge in [0.1, 0.15) is 0 Å². The molecule has 3 unspecified atom stereocenters. The fourth-order valence-electron chi connectivity index (χ4n) is 2.21. The van der Waals surface area contributed by atoms with Gasteiger partial charge in [-0.3, -0.25) is 0 Å². The van der Waals surface area contributed by atoms with Crippen LogP contribution in [0.15, 0.2) is 0 Å². The summed E-state index contributed by atoms with van der Waals surface area (Å²) in [4.78, 5) is 0. The van der Waals surface area contributed by atoms with Gasteiger partial charge in [-0.15, -0.1) is 0 Å². The minimum absolute atomic E-state index is 0.0373. The van der Waals surface area contributed by atoms with Crippen LogP contribution in [-0.4, -0.2) is 5.54 Å². The average molecular weight is 241 g/mol. The summed E-state index contributed by atoms with van der Waals surface area (Å²) in [7, 11) is 0. The third-order valence-electron chi connectivity index (χ3n) is 4.49. The van der Waals surface area contributed by atoms with E-state index < -0.39 is 0 Å². The van der Waals surface area contributed by atoms with Crippen molar-refractivity contribution >= 4 is 0 Å². The lowest BCUT2D eigenvalue weighted by molar-refractivity contribution is 0.254. The molecule has 2 N–H and O–H groups in total. The van der Waals surface area contributed by atoms with Gasteiger partial charge in [0.05, 0.1) is 0 Å². The first-order valence-corrected chi connectivity index (χ1v) is 7.72. The summed E-state index contributed by atoms with van der Waals surface area (Å²) >= 11 is 0. The van der Waals surface area contributed by atoms with Gasteiger partial charge in [-0.05, 0) is 38.0 Å². The molecule has 0 amide bonds. The molecule has 3 atom stereocenters. The van der Waals surface area contributed by atoms with Gasteiger partial charge in [0.15, 0.2) is 0 Å². The maximum atomic E-state index is 6.48. The Morgan fingerprint density at radius 2 is 1.65 bits per heavy atom. The summed E-state index contributed by atoms with van der Waals surface area (Å²) in [6, 6.07) is 0. The molecule has 0 aromatic rings. The number of hydrogen-bond acceptors (Lipinski definition) is 1. The predicted molar refractivity (Wildman–Crippen MR) is 79.2 cm³/mol. The summed E-state index contributed by atoms with van der Waals surface area (Å²) < 4.78 is 0. The van der Waals surface area contributed by atoms with Crippen molar-refractivity contribution in [1.82, 2.24) is 0 Å². The molecular weight excluding hydrogens is 206 g/mol. The zero-order chi connectivity index (χ0) is 13.3. The molecule has 0 fully saturated rings. The van der Waals surface area contributed by atoms with Crippen molar-refractivity contribution in [3.63, 3.8) is 0 Å². The fraction of sp³-hybridized carbons (Fsp3) is 1.00. The predicted octanol–water partition coefficient (Wildman–Crippen LogP) is 5.14. The van der Waals surface area contributed by atoms with Crippen LogP contribution in [0.4, 0.5) is 0 Å². The first-order valence-electron chi connectivity index (χ1n) is 7.72. The molecule has 0 saturated heterocycles. The Morgan fingerprint density at radius 1 is 1.00 bits per heavy atom. The quantitative estimate of drug-likeness (QED) is 0.527.